The summed E-state index contributed by atoms with van der Waals surface area (Å²) in [6, 6.07) is 10.2. The summed E-state index contributed by atoms with van der Waals surface area (Å²) in [4.78, 5) is 5.04. The van der Waals surface area contributed by atoms with Crippen molar-refractivity contribution in [3.8, 4) is 0 Å². The summed E-state index contributed by atoms with van der Waals surface area (Å²) in [5.41, 5.74) is 1.37. The Hall–Kier alpha value is -0.540. The minimum Gasteiger partial charge on any atom is -0.366 e. The topological polar surface area (TPSA) is 6.48 Å². The number of hydrogen-bond acceptors (Lipinski definition) is 2. The summed E-state index contributed by atoms with van der Waals surface area (Å²) in [6.07, 6.45) is 1.34. The number of halogens is 1. The first-order valence-corrected chi connectivity index (χ1v) is 6.26. The molecule has 0 aliphatic carbocycles. The molecular formula is C12H15BrN2. The Morgan fingerprint density at radius 1 is 1.13 bits per heavy atom. The maximum atomic E-state index is 3.48. The van der Waals surface area contributed by atoms with E-state index in [-0.39, 0.29) is 0 Å². The van der Waals surface area contributed by atoms with Crippen LogP contribution in [-0.4, -0.2) is 37.1 Å². The van der Waals surface area contributed by atoms with Crippen LogP contribution in [0, 0.1) is 0 Å². The zero-order valence-electron chi connectivity index (χ0n) is 8.86. The largest absolute Gasteiger partial charge is 0.366 e. The quantitative estimate of drug-likeness (QED) is 0.770. The number of nitrogens with zero attached hydrogens (tertiary/aromatic N) is 2. The first-order valence-electron chi connectivity index (χ1n) is 5.46. The third-order valence-electron chi connectivity index (χ3n) is 3.67. The van der Waals surface area contributed by atoms with Gasteiger partial charge in [0.05, 0.1) is 0 Å². The summed E-state index contributed by atoms with van der Waals surface area (Å²) >= 11 is 3.48. The monoisotopic (exact) mass is 266 g/mol. The van der Waals surface area contributed by atoms with Gasteiger partial charge in [0.15, 0.2) is 0 Å². The lowest BCUT2D eigenvalue weighted by molar-refractivity contribution is 0.292. The standard InChI is InChI=1S/C12H15BrN2/c1-14-7-12-6-11(14)8-15(12)10-4-2-9(13)3-5-10/h2-5,11-12H,6-8H2,1H3/t11-,12-/m0/s1. The van der Waals surface area contributed by atoms with Crippen LogP contribution in [0.25, 0.3) is 0 Å². The second-order valence-electron chi connectivity index (χ2n) is 4.61. The first kappa shape index (κ1) is 9.67. The summed E-state index contributed by atoms with van der Waals surface area (Å²) in [6.45, 7) is 2.42. The normalized spacial score (nSPS) is 30.1. The van der Waals surface area contributed by atoms with Crippen molar-refractivity contribution in [2.75, 3.05) is 25.0 Å². The van der Waals surface area contributed by atoms with Gasteiger partial charge >= 0.3 is 0 Å². The number of anilines is 1. The van der Waals surface area contributed by atoms with Crippen LogP contribution < -0.4 is 4.90 Å². The number of fused-ring (bicyclic) bond motifs is 2. The minimum atomic E-state index is 0.737. The molecule has 15 heavy (non-hydrogen) atoms. The highest BCUT2D eigenvalue weighted by Gasteiger charge is 2.41. The average Bonchev–Trinajstić information content (AvgIpc) is 2.77. The van der Waals surface area contributed by atoms with E-state index in [4.69, 9.17) is 0 Å². The molecule has 2 fully saturated rings. The van der Waals surface area contributed by atoms with Crippen LogP contribution >= 0.6 is 15.9 Å². The van der Waals surface area contributed by atoms with Gasteiger partial charge in [-0.15, -0.1) is 0 Å². The Kier molecular flexibility index (Phi) is 2.25. The molecule has 0 radical (unpaired) electrons. The van der Waals surface area contributed by atoms with Crippen LogP contribution in [-0.2, 0) is 0 Å². The lowest BCUT2D eigenvalue weighted by Gasteiger charge is -2.33. The molecule has 0 N–H and O–H groups in total. The predicted molar refractivity (Wildman–Crippen MR) is 66.3 cm³/mol. The Bertz CT molecular complexity index is 360. The van der Waals surface area contributed by atoms with Crippen molar-refractivity contribution >= 4 is 21.6 Å². The maximum Gasteiger partial charge on any atom is 0.0433 e. The van der Waals surface area contributed by atoms with Crippen LogP contribution in [0.15, 0.2) is 28.7 Å². The third-order valence-corrected chi connectivity index (χ3v) is 4.20. The highest BCUT2D eigenvalue weighted by molar-refractivity contribution is 9.10. The van der Waals surface area contributed by atoms with Gasteiger partial charge in [0.25, 0.3) is 0 Å². The van der Waals surface area contributed by atoms with Gasteiger partial charge in [0, 0.05) is 35.3 Å². The van der Waals surface area contributed by atoms with E-state index in [1.165, 1.54) is 25.2 Å². The zero-order chi connectivity index (χ0) is 10.4. The van der Waals surface area contributed by atoms with E-state index < -0.39 is 0 Å². The van der Waals surface area contributed by atoms with Crippen LogP contribution in [0.1, 0.15) is 6.42 Å². The molecule has 0 spiro atoms. The molecule has 2 aliphatic heterocycles. The Morgan fingerprint density at radius 3 is 2.40 bits per heavy atom. The fourth-order valence-corrected chi connectivity index (χ4v) is 3.08. The molecule has 3 heteroatoms. The number of piperazine rings is 1. The highest BCUT2D eigenvalue weighted by Crippen LogP contribution is 2.33. The molecule has 80 valence electrons. The number of benzene rings is 1. The van der Waals surface area contributed by atoms with Gasteiger partial charge in [-0.05, 0) is 37.7 Å². The lowest BCUT2D eigenvalue weighted by Crippen LogP contribution is -2.44. The van der Waals surface area contributed by atoms with Crippen molar-refractivity contribution in [2.45, 2.75) is 18.5 Å². The molecule has 1 aromatic carbocycles. The Labute approximate surface area is 99.0 Å². The summed E-state index contributed by atoms with van der Waals surface area (Å²) in [5, 5.41) is 0. The number of rotatable bonds is 1. The summed E-state index contributed by atoms with van der Waals surface area (Å²) in [5.74, 6) is 0. The van der Waals surface area contributed by atoms with Gasteiger partial charge < -0.3 is 4.90 Å². The van der Waals surface area contributed by atoms with Crippen molar-refractivity contribution < 1.29 is 0 Å². The summed E-state index contributed by atoms with van der Waals surface area (Å²) < 4.78 is 1.16. The number of likely N-dealkylation sites (tertiary alicyclic amines) is 1. The molecule has 2 heterocycles. The molecule has 0 aromatic heterocycles. The molecule has 1 aromatic rings. The van der Waals surface area contributed by atoms with Crippen LogP contribution in [0.3, 0.4) is 0 Å². The van der Waals surface area contributed by atoms with Gasteiger partial charge in [0.1, 0.15) is 0 Å². The second-order valence-corrected chi connectivity index (χ2v) is 5.53. The van der Waals surface area contributed by atoms with E-state index in [9.17, 15) is 0 Å². The second kappa shape index (κ2) is 3.49. The molecular weight excluding hydrogens is 252 g/mol. The molecule has 0 amide bonds. The molecule has 3 rings (SSSR count). The molecule has 0 unspecified atom stereocenters. The van der Waals surface area contributed by atoms with Crippen molar-refractivity contribution in [3.05, 3.63) is 28.7 Å². The highest BCUT2D eigenvalue weighted by atomic mass is 79.9. The van der Waals surface area contributed by atoms with Crippen molar-refractivity contribution in [1.29, 1.82) is 0 Å². The Balaban J connectivity index is 1.83. The van der Waals surface area contributed by atoms with E-state index in [1.807, 2.05) is 0 Å². The van der Waals surface area contributed by atoms with E-state index in [0.29, 0.717) is 0 Å². The SMILES string of the molecule is CN1C[C@@H]2C[C@H]1CN2c1ccc(Br)cc1. The van der Waals surface area contributed by atoms with Gasteiger partial charge in [-0.1, -0.05) is 15.9 Å². The minimum absolute atomic E-state index is 0.737. The number of likely N-dealkylation sites (N-methyl/N-ethyl adjacent to an activating group) is 1. The molecule has 2 atom stereocenters. The van der Waals surface area contributed by atoms with E-state index in [1.54, 1.807) is 0 Å². The molecule has 2 nitrogen and oxygen atoms in total. The summed E-state index contributed by atoms with van der Waals surface area (Å²) in [7, 11) is 2.24. The Morgan fingerprint density at radius 2 is 1.87 bits per heavy atom. The van der Waals surface area contributed by atoms with Gasteiger partial charge in [-0.25, -0.2) is 0 Å². The van der Waals surface area contributed by atoms with Gasteiger partial charge in [0.2, 0.25) is 0 Å². The number of hydrogen-bond donors (Lipinski definition) is 0. The predicted octanol–water partition coefficient (Wildman–Crippen LogP) is 2.34. The van der Waals surface area contributed by atoms with Crippen LogP contribution in [0.2, 0.25) is 0 Å². The smallest absolute Gasteiger partial charge is 0.0433 e. The van der Waals surface area contributed by atoms with Gasteiger partial charge in [-0.2, -0.15) is 0 Å². The lowest BCUT2D eigenvalue weighted by atomic mass is 10.2. The molecule has 0 saturated carbocycles. The fraction of sp³-hybridized carbons (Fsp3) is 0.500. The van der Waals surface area contributed by atoms with Crippen LogP contribution in [0.5, 0.6) is 0 Å². The van der Waals surface area contributed by atoms with Crippen molar-refractivity contribution in [1.82, 2.24) is 4.90 Å². The average molecular weight is 267 g/mol. The fourth-order valence-electron chi connectivity index (χ4n) is 2.81. The molecule has 2 aliphatic rings. The van der Waals surface area contributed by atoms with Crippen LogP contribution in [0.4, 0.5) is 5.69 Å². The van der Waals surface area contributed by atoms with E-state index in [2.05, 4.69) is 57.0 Å². The zero-order valence-corrected chi connectivity index (χ0v) is 10.4. The third kappa shape index (κ3) is 1.58. The van der Waals surface area contributed by atoms with E-state index in [0.717, 1.165) is 16.6 Å². The molecule has 2 bridgehead atoms. The maximum absolute atomic E-state index is 3.48. The molecule has 2 saturated heterocycles. The van der Waals surface area contributed by atoms with Crippen molar-refractivity contribution in [3.63, 3.8) is 0 Å². The van der Waals surface area contributed by atoms with E-state index >= 15 is 0 Å². The van der Waals surface area contributed by atoms with Gasteiger partial charge in [-0.3, -0.25) is 4.90 Å². The van der Waals surface area contributed by atoms with Crippen molar-refractivity contribution in [2.24, 2.45) is 0 Å². The first-order chi connectivity index (χ1) is 7.24.